The topological polar surface area (TPSA) is 50.8 Å². The molecule has 3 nitrogen and oxygen atoms in total. The third kappa shape index (κ3) is 3.55. The quantitative estimate of drug-likeness (QED) is 0.799. The zero-order valence-electron chi connectivity index (χ0n) is 9.94. The number of nitriles is 2. The summed E-state index contributed by atoms with van der Waals surface area (Å²) in [6, 6.07) is 8.43. The lowest BCUT2D eigenvalue weighted by Gasteiger charge is -2.22. The summed E-state index contributed by atoms with van der Waals surface area (Å²) in [5.74, 6) is -0.319. The van der Waals surface area contributed by atoms with Crippen LogP contribution in [0.25, 0.3) is 0 Å². The molecule has 0 heterocycles. The van der Waals surface area contributed by atoms with Crippen LogP contribution in [0.3, 0.4) is 0 Å². The molecule has 0 aliphatic heterocycles. The number of hydrogen-bond donors (Lipinski definition) is 0. The van der Waals surface area contributed by atoms with Crippen LogP contribution in [0.2, 0.25) is 0 Å². The highest BCUT2D eigenvalue weighted by Gasteiger charge is 2.12. The van der Waals surface area contributed by atoms with Crippen LogP contribution >= 0.6 is 0 Å². The molecule has 0 spiro atoms. The summed E-state index contributed by atoms with van der Waals surface area (Å²) in [6.07, 6.45) is 0.399. The lowest BCUT2D eigenvalue weighted by molar-refractivity contribution is 0.249. The molecule has 1 aromatic rings. The Balaban J connectivity index is 2.81. The van der Waals surface area contributed by atoms with Gasteiger partial charge in [-0.25, -0.2) is 4.39 Å². The first kappa shape index (κ1) is 13.2. The van der Waals surface area contributed by atoms with Gasteiger partial charge in [0.05, 0.1) is 24.1 Å². The Morgan fingerprint density at radius 2 is 2.12 bits per heavy atom. The zero-order chi connectivity index (χ0) is 12.8. The summed E-state index contributed by atoms with van der Waals surface area (Å²) in [5.41, 5.74) is 0.930. The number of nitrogens with zero attached hydrogens (tertiary/aromatic N) is 3. The monoisotopic (exact) mass is 231 g/mol. The van der Waals surface area contributed by atoms with Crippen molar-refractivity contribution in [3.63, 3.8) is 0 Å². The second kappa shape index (κ2) is 5.98. The van der Waals surface area contributed by atoms with E-state index < -0.39 is 0 Å². The van der Waals surface area contributed by atoms with Crippen LogP contribution in [0.4, 0.5) is 4.39 Å². The first-order chi connectivity index (χ1) is 8.08. The molecule has 0 fully saturated rings. The Kier molecular flexibility index (Phi) is 4.63. The second-order valence-corrected chi connectivity index (χ2v) is 4.04. The second-order valence-electron chi connectivity index (χ2n) is 4.04. The van der Waals surface area contributed by atoms with Crippen LogP contribution in [-0.2, 0) is 6.54 Å². The van der Waals surface area contributed by atoms with Crippen LogP contribution in [0, 0.1) is 28.5 Å². The molecule has 0 saturated carbocycles. The highest BCUT2D eigenvalue weighted by atomic mass is 19.1. The third-order valence-electron chi connectivity index (χ3n) is 2.73. The van der Waals surface area contributed by atoms with Crippen molar-refractivity contribution in [2.75, 3.05) is 7.05 Å². The lowest BCUT2D eigenvalue weighted by Crippen LogP contribution is -2.28. The van der Waals surface area contributed by atoms with Crippen molar-refractivity contribution in [2.24, 2.45) is 0 Å². The van der Waals surface area contributed by atoms with Crippen molar-refractivity contribution in [3.8, 4) is 12.1 Å². The molecule has 1 rings (SSSR count). The first-order valence-electron chi connectivity index (χ1n) is 5.34. The maximum Gasteiger partial charge on any atom is 0.127 e. The average Bonchev–Trinajstić information content (AvgIpc) is 2.32. The normalized spacial score (nSPS) is 11.9. The molecule has 1 unspecified atom stereocenters. The van der Waals surface area contributed by atoms with Gasteiger partial charge in [0.1, 0.15) is 5.82 Å². The van der Waals surface area contributed by atoms with Crippen LogP contribution < -0.4 is 0 Å². The van der Waals surface area contributed by atoms with E-state index in [9.17, 15) is 4.39 Å². The molecule has 1 aromatic carbocycles. The van der Waals surface area contributed by atoms with Gasteiger partial charge in [-0.05, 0) is 32.2 Å². The largest absolute Gasteiger partial charge is 0.298 e. The Hall–Kier alpha value is -1.91. The van der Waals surface area contributed by atoms with E-state index in [0.717, 1.165) is 0 Å². The fourth-order valence-corrected chi connectivity index (χ4v) is 1.48. The van der Waals surface area contributed by atoms with E-state index in [2.05, 4.69) is 6.07 Å². The predicted octanol–water partition coefficient (Wildman–Crippen LogP) is 2.43. The molecule has 0 aliphatic carbocycles. The van der Waals surface area contributed by atoms with Crippen molar-refractivity contribution in [1.29, 1.82) is 10.5 Å². The standard InChI is InChI=1S/C13H14FN3/c1-10(5-6-15)17(2)9-12-7-11(8-16)3-4-13(12)14/h3-4,7,10H,5,9H2,1-2H3. The molecule has 1 atom stereocenters. The third-order valence-corrected chi connectivity index (χ3v) is 2.73. The molecule has 0 bridgehead atoms. The van der Waals surface area contributed by atoms with Crippen LogP contribution in [0.15, 0.2) is 18.2 Å². The molecule has 88 valence electrons. The fourth-order valence-electron chi connectivity index (χ4n) is 1.48. The van der Waals surface area contributed by atoms with Crippen molar-refractivity contribution in [3.05, 3.63) is 35.1 Å². The van der Waals surface area contributed by atoms with Crippen molar-refractivity contribution in [1.82, 2.24) is 4.90 Å². The van der Waals surface area contributed by atoms with Gasteiger partial charge in [0.2, 0.25) is 0 Å². The summed E-state index contributed by atoms with van der Waals surface area (Å²) in [5, 5.41) is 17.3. The van der Waals surface area contributed by atoms with E-state index in [1.54, 1.807) is 6.07 Å². The van der Waals surface area contributed by atoms with Crippen LogP contribution in [-0.4, -0.2) is 18.0 Å². The highest BCUT2D eigenvalue weighted by molar-refractivity contribution is 5.33. The van der Waals surface area contributed by atoms with Crippen molar-refractivity contribution in [2.45, 2.75) is 25.9 Å². The maximum absolute atomic E-state index is 13.5. The van der Waals surface area contributed by atoms with Gasteiger partial charge < -0.3 is 0 Å². The predicted molar refractivity (Wildman–Crippen MR) is 62.3 cm³/mol. The van der Waals surface area contributed by atoms with Gasteiger partial charge in [-0.2, -0.15) is 10.5 Å². The molecule has 4 heteroatoms. The van der Waals surface area contributed by atoms with Gasteiger partial charge in [0.15, 0.2) is 0 Å². The summed E-state index contributed by atoms with van der Waals surface area (Å²) in [6.45, 7) is 2.31. The van der Waals surface area contributed by atoms with Gasteiger partial charge in [0.25, 0.3) is 0 Å². The smallest absolute Gasteiger partial charge is 0.127 e. The van der Waals surface area contributed by atoms with Crippen molar-refractivity contribution >= 4 is 0 Å². The Morgan fingerprint density at radius 3 is 2.71 bits per heavy atom. The molecule has 17 heavy (non-hydrogen) atoms. The molecular formula is C13H14FN3. The number of benzene rings is 1. The summed E-state index contributed by atoms with van der Waals surface area (Å²) < 4.78 is 13.5. The molecule has 0 saturated heterocycles. The molecule has 0 radical (unpaired) electrons. The Labute approximate surface area is 101 Å². The van der Waals surface area contributed by atoms with E-state index in [4.69, 9.17) is 10.5 Å². The first-order valence-corrected chi connectivity index (χ1v) is 5.34. The molecule has 0 aromatic heterocycles. The number of hydrogen-bond acceptors (Lipinski definition) is 3. The van der Waals surface area contributed by atoms with Gasteiger partial charge in [-0.15, -0.1) is 0 Å². The fraction of sp³-hybridized carbons (Fsp3) is 0.385. The lowest BCUT2D eigenvalue weighted by atomic mass is 10.1. The minimum absolute atomic E-state index is 0.0603. The summed E-state index contributed by atoms with van der Waals surface area (Å²) in [4.78, 5) is 1.89. The highest BCUT2D eigenvalue weighted by Crippen LogP contribution is 2.14. The molecule has 0 aliphatic rings. The van der Waals surface area contributed by atoms with Crippen LogP contribution in [0.5, 0.6) is 0 Å². The van der Waals surface area contributed by atoms with Crippen LogP contribution in [0.1, 0.15) is 24.5 Å². The van der Waals surface area contributed by atoms with E-state index in [-0.39, 0.29) is 11.9 Å². The van der Waals surface area contributed by atoms with E-state index in [1.165, 1.54) is 12.1 Å². The zero-order valence-corrected chi connectivity index (χ0v) is 9.94. The summed E-state index contributed by atoms with van der Waals surface area (Å²) in [7, 11) is 1.83. The average molecular weight is 231 g/mol. The number of halogens is 1. The minimum atomic E-state index is -0.319. The molecule has 0 amide bonds. The van der Waals surface area contributed by atoms with Crippen molar-refractivity contribution < 1.29 is 4.39 Å². The molecular weight excluding hydrogens is 217 g/mol. The van der Waals surface area contributed by atoms with Gasteiger partial charge in [-0.1, -0.05) is 0 Å². The maximum atomic E-state index is 13.5. The Bertz CT molecular complexity index is 471. The van der Waals surface area contributed by atoms with Gasteiger partial charge >= 0.3 is 0 Å². The van der Waals surface area contributed by atoms with Gasteiger partial charge in [0, 0.05) is 18.2 Å². The number of rotatable bonds is 4. The van der Waals surface area contributed by atoms with E-state index in [1.807, 2.05) is 24.9 Å². The van der Waals surface area contributed by atoms with Gasteiger partial charge in [-0.3, -0.25) is 4.90 Å². The van der Waals surface area contributed by atoms with E-state index in [0.29, 0.717) is 24.1 Å². The van der Waals surface area contributed by atoms with E-state index >= 15 is 0 Å². The summed E-state index contributed by atoms with van der Waals surface area (Å²) >= 11 is 0. The Morgan fingerprint density at radius 1 is 1.41 bits per heavy atom. The minimum Gasteiger partial charge on any atom is -0.298 e. The SMILES string of the molecule is CC(CC#N)N(C)Cc1cc(C#N)ccc1F. The molecule has 0 N–H and O–H groups in total.